The van der Waals surface area contributed by atoms with Crippen LogP contribution in [0.3, 0.4) is 0 Å². The van der Waals surface area contributed by atoms with E-state index in [4.69, 9.17) is 4.74 Å². The van der Waals surface area contributed by atoms with E-state index < -0.39 is 0 Å². The maximum Gasteiger partial charge on any atom is 0.158 e. The Bertz CT molecular complexity index is 372. The molecule has 1 aromatic heterocycles. The standard InChI is InChI=1S/C13H22N4OS/c1-3-14-11-7-12(17-13(16-11)9-18-2)15-8-10-5-4-6-19-10/h7,10H,3-6,8-9H2,1-2H3,(H2,14,15,16,17). The van der Waals surface area contributed by atoms with E-state index in [0.29, 0.717) is 17.7 Å². The Morgan fingerprint density at radius 1 is 1.37 bits per heavy atom. The topological polar surface area (TPSA) is 59.1 Å². The SMILES string of the molecule is CCNc1cc(NCC2CCCS2)nc(COC)n1. The monoisotopic (exact) mass is 282 g/mol. The summed E-state index contributed by atoms with van der Waals surface area (Å²) in [6.07, 6.45) is 2.63. The second-order valence-corrected chi connectivity index (χ2v) is 5.94. The Morgan fingerprint density at radius 3 is 2.79 bits per heavy atom. The van der Waals surface area contributed by atoms with Gasteiger partial charge in [-0.25, -0.2) is 9.97 Å². The Morgan fingerprint density at radius 2 is 2.16 bits per heavy atom. The molecule has 0 amide bonds. The van der Waals surface area contributed by atoms with Crippen LogP contribution in [0.2, 0.25) is 0 Å². The number of hydrogen-bond acceptors (Lipinski definition) is 6. The molecule has 1 aliphatic rings. The van der Waals surface area contributed by atoms with Crippen molar-refractivity contribution in [1.82, 2.24) is 9.97 Å². The van der Waals surface area contributed by atoms with Crippen LogP contribution in [-0.2, 0) is 11.3 Å². The van der Waals surface area contributed by atoms with E-state index in [0.717, 1.165) is 24.7 Å². The molecule has 0 radical (unpaired) electrons. The number of hydrogen-bond donors (Lipinski definition) is 2. The zero-order valence-electron chi connectivity index (χ0n) is 11.6. The molecule has 106 valence electrons. The summed E-state index contributed by atoms with van der Waals surface area (Å²) in [5.74, 6) is 3.73. The van der Waals surface area contributed by atoms with Crippen LogP contribution in [0, 0.1) is 0 Å². The van der Waals surface area contributed by atoms with E-state index in [9.17, 15) is 0 Å². The van der Waals surface area contributed by atoms with Crippen LogP contribution in [0.15, 0.2) is 6.07 Å². The molecule has 2 heterocycles. The predicted molar refractivity (Wildman–Crippen MR) is 80.9 cm³/mol. The van der Waals surface area contributed by atoms with Crippen LogP contribution >= 0.6 is 11.8 Å². The molecule has 0 saturated carbocycles. The first-order chi connectivity index (χ1) is 9.31. The number of anilines is 2. The average Bonchev–Trinajstić information content (AvgIpc) is 2.90. The summed E-state index contributed by atoms with van der Waals surface area (Å²) >= 11 is 2.04. The van der Waals surface area contributed by atoms with E-state index in [-0.39, 0.29) is 0 Å². The molecule has 2 N–H and O–H groups in total. The van der Waals surface area contributed by atoms with Crippen molar-refractivity contribution in [3.63, 3.8) is 0 Å². The fourth-order valence-corrected chi connectivity index (χ4v) is 3.28. The van der Waals surface area contributed by atoms with E-state index in [1.54, 1.807) is 7.11 Å². The number of thioether (sulfide) groups is 1. The van der Waals surface area contributed by atoms with Crippen molar-refractivity contribution < 1.29 is 4.74 Å². The van der Waals surface area contributed by atoms with Gasteiger partial charge in [0.05, 0.1) is 0 Å². The third-order valence-corrected chi connectivity index (χ3v) is 4.34. The number of ether oxygens (including phenoxy) is 1. The summed E-state index contributed by atoms with van der Waals surface area (Å²) < 4.78 is 5.11. The molecule has 0 aromatic carbocycles. The molecule has 1 aliphatic heterocycles. The minimum absolute atomic E-state index is 0.437. The molecule has 0 bridgehead atoms. The maximum atomic E-state index is 5.11. The van der Waals surface area contributed by atoms with Crippen molar-refractivity contribution >= 4 is 23.4 Å². The van der Waals surface area contributed by atoms with Gasteiger partial charge in [0.15, 0.2) is 5.82 Å². The first-order valence-corrected chi connectivity index (χ1v) is 7.83. The molecule has 1 aromatic rings. The van der Waals surface area contributed by atoms with E-state index in [1.807, 2.05) is 17.8 Å². The predicted octanol–water partition coefficient (Wildman–Crippen LogP) is 2.36. The first kappa shape index (κ1) is 14.4. The zero-order valence-corrected chi connectivity index (χ0v) is 12.4. The van der Waals surface area contributed by atoms with Gasteiger partial charge in [-0.05, 0) is 25.5 Å². The highest BCUT2D eigenvalue weighted by Gasteiger charge is 2.15. The van der Waals surface area contributed by atoms with Gasteiger partial charge in [0.25, 0.3) is 0 Å². The van der Waals surface area contributed by atoms with Crippen LogP contribution in [0.25, 0.3) is 0 Å². The van der Waals surface area contributed by atoms with Crippen molar-refractivity contribution in [1.29, 1.82) is 0 Å². The van der Waals surface area contributed by atoms with Crippen LogP contribution < -0.4 is 10.6 Å². The number of methoxy groups -OCH3 is 1. The first-order valence-electron chi connectivity index (χ1n) is 6.78. The molecule has 5 nitrogen and oxygen atoms in total. The van der Waals surface area contributed by atoms with E-state index >= 15 is 0 Å². The van der Waals surface area contributed by atoms with Gasteiger partial charge in [-0.2, -0.15) is 11.8 Å². The molecule has 0 spiro atoms. The summed E-state index contributed by atoms with van der Waals surface area (Å²) in [5, 5.41) is 7.35. The van der Waals surface area contributed by atoms with Gasteiger partial charge in [-0.15, -0.1) is 0 Å². The zero-order chi connectivity index (χ0) is 13.5. The Kier molecular flexibility index (Phi) is 5.72. The minimum atomic E-state index is 0.437. The van der Waals surface area contributed by atoms with E-state index in [1.165, 1.54) is 18.6 Å². The van der Waals surface area contributed by atoms with Crippen molar-refractivity contribution in [2.24, 2.45) is 0 Å². The molecule has 19 heavy (non-hydrogen) atoms. The van der Waals surface area contributed by atoms with Gasteiger partial charge >= 0.3 is 0 Å². The highest BCUT2D eigenvalue weighted by Crippen LogP contribution is 2.26. The lowest BCUT2D eigenvalue weighted by Gasteiger charge is -2.13. The number of aromatic nitrogens is 2. The highest BCUT2D eigenvalue weighted by atomic mass is 32.2. The van der Waals surface area contributed by atoms with Crippen molar-refractivity contribution in [3.05, 3.63) is 11.9 Å². The molecule has 1 fully saturated rings. The third-order valence-electron chi connectivity index (χ3n) is 2.94. The number of rotatable bonds is 7. The lowest BCUT2D eigenvalue weighted by atomic mass is 10.2. The molecule has 1 saturated heterocycles. The fourth-order valence-electron chi connectivity index (χ4n) is 2.08. The molecular weight excluding hydrogens is 260 g/mol. The van der Waals surface area contributed by atoms with Gasteiger partial charge in [-0.1, -0.05) is 0 Å². The quantitative estimate of drug-likeness (QED) is 0.800. The van der Waals surface area contributed by atoms with Gasteiger partial charge in [-0.3, -0.25) is 0 Å². The van der Waals surface area contributed by atoms with Gasteiger partial charge < -0.3 is 15.4 Å². The Labute approximate surface area is 118 Å². The highest BCUT2D eigenvalue weighted by molar-refractivity contribution is 8.00. The Hall–Kier alpha value is -1.01. The summed E-state index contributed by atoms with van der Waals surface area (Å²) in [4.78, 5) is 8.87. The molecule has 6 heteroatoms. The van der Waals surface area contributed by atoms with Gasteiger partial charge in [0, 0.05) is 31.5 Å². The maximum absolute atomic E-state index is 5.11. The van der Waals surface area contributed by atoms with Crippen LogP contribution in [0.5, 0.6) is 0 Å². The number of nitrogens with one attached hydrogen (secondary N) is 2. The fraction of sp³-hybridized carbons (Fsp3) is 0.692. The largest absolute Gasteiger partial charge is 0.377 e. The molecule has 0 aliphatic carbocycles. The Balaban J connectivity index is 1.99. The summed E-state index contributed by atoms with van der Waals surface area (Å²) in [6.45, 7) is 4.31. The normalized spacial score (nSPS) is 18.5. The summed E-state index contributed by atoms with van der Waals surface area (Å²) in [6, 6.07) is 1.96. The van der Waals surface area contributed by atoms with Gasteiger partial charge in [0.1, 0.15) is 18.2 Å². The summed E-state index contributed by atoms with van der Waals surface area (Å²) in [7, 11) is 1.66. The van der Waals surface area contributed by atoms with E-state index in [2.05, 4.69) is 27.5 Å². The van der Waals surface area contributed by atoms with Crippen molar-refractivity contribution in [3.8, 4) is 0 Å². The van der Waals surface area contributed by atoms with Crippen LogP contribution in [0.1, 0.15) is 25.6 Å². The van der Waals surface area contributed by atoms with Crippen LogP contribution in [0.4, 0.5) is 11.6 Å². The van der Waals surface area contributed by atoms with Crippen LogP contribution in [-0.4, -0.2) is 41.2 Å². The third kappa shape index (κ3) is 4.54. The lowest BCUT2D eigenvalue weighted by molar-refractivity contribution is 0.178. The molecule has 1 atom stereocenters. The minimum Gasteiger partial charge on any atom is -0.377 e. The second-order valence-electron chi connectivity index (χ2n) is 4.53. The van der Waals surface area contributed by atoms with Crippen molar-refractivity contribution in [2.75, 3.05) is 36.6 Å². The molecular formula is C13H22N4OS. The van der Waals surface area contributed by atoms with Gasteiger partial charge in [0.2, 0.25) is 0 Å². The lowest BCUT2D eigenvalue weighted by Crippen LogP contribution is -2.16. The smallest absolute Gasteiger partial charge is 0.158 e. The molecule has 1 unspecified atom stereocenters. The second kappa shape index (κ2) is 7.55. The number of nitrogens with zero attached hydrogens (tertiary/aromatic N) is 2. The molecule has 2 rings (SSSR count). The summed E-state index contributed by atoms with van der Waals surface area (Å²) in [5.41, 5.74) is 0. The average molecular weight is 282 g/mol. The van der Waals surface area contributed by atoms with Crippen molar-refractivity contribution in [2.45, 2.75) is 31.6 Å².